The van der Waals surface area contributed by atoms with Crippen molar-refractivity contribution in [1.29, 1.82) is 0 Å². The van der Waals surface area contributed by atoms with E-state index in [1.807, 2.05) is 25.1 Å². The van der Waals surface area contributed by atoms with Crippen molar-refractivity contribution < 1.29 is 4.74 Å². The van der Waals surface area contributed by atoms with E-state index < -0.39 is 0 Å². The Morgan fingerprint density at radius 1 is 1.33 bits per heavy atom. The predicted molar refractivity (Wildman–Crippen MR) is 73.1 cm³/mol. The lowest BCUT2D eigenvalue weighted by Crippen LogP contribution is -2.15. The molecule has 0 amide bonds. The molecule has 0 aliphatic heterocycles. The number of halogens is 1. The maximum absolute atomic E-state index is 11.7. The van der Waals surface area contributed by atoms with Gasteiger partial charge in [0.1, 0.15) is 5.75 Å². The minimum absolute atomic E-state index is 0.162. The highest BCUT2D eigenvalue weighted by Crippen LogP contribution is 2.25. The van der Waals surface area contributed by atoms with E-state index in [1.54, 1.807) is 13.2 Å². The molecule has 5 heteroatoms. The lowest BCUT2D eigenvalue weighted by molar-refractivity contribution is 0.410. The first kappa shape index (κ1) is 12.8. The molecule has 0 aliphatic rings. The third-order valence-corrected chi connectivity index (χ3v) is 3.13. The third kappa shape index (κ3) is 2.79. The highest BCUT2D eigenvalue weighted by Gasteiger charge is 2.08. The standard InChI is InChI=1S/C13H13BrN2O2/c1-8-5-10(13(17)16-15-8)6-9-3-4-11(14)7-12(9)18-2/h3-5,7H,6H2,1-2H3,(H,16,17). The molecule has 18 heavy (non-hydrogen) atoms. The number of hydrogen-bond acceptors (Lipinski definition) is 3. The van der Waals surface area contributed by atoms with Gasteiger partial charge >= 0.3 is 0 Å². The molecule has 2 rings (SSSR count). The second-order valence-electron chi connectivity index (χ2n) is 4.00. The Morgan fingerprint density at radius 3 is 2.83 bits per heavy atom. The highest BCUT2D eigenvalue weighted by atomic mass is 79.9. The van der Waals surface area contributed by atoms with Gasteiger partial charge in [0, 0.05) is 16.5 Å². The van der Waals surface area contributed by atoms with Crippen LogP contribution in [0.15, 0.2) is 33.5 Å². The van der Waals surface area contributed by atoms with Gasteiger partial charge in [-0.25, -0.2) is 5.10 Å². The summed E-state index contributed by atoms with van der Waals surface area (Å²) in [6.07, 6.45) is 0.523. The highest BCUT2D eigenvalue weighted by molar-refractivity contribution is 9.10. The molecule has 94 valence electrons. The average molecular weight is 309 g/mol. The minimum atomic E-state index is -0.162. The molecule has 0 fully saturated rings. The molecule has 0 aliphatic carbocycles. The van der Waals surface area contributed by atoms with Crippen molar-refractivity contribution >= 4 is 15.9 Å². The van der Waals surface area contributed by atoms with Crippen LogP contribution in [0.25, 0.3) is 0 Å². The van der Waals surface area contributed by atoms with Crippen molar-refractivity contribution in [3.05, 3.63) is 55.9 Å². The number of aryl methyl sites for hydroxylation is 1. The molecular formula is C13H13BrN2O2. The number of aromatic nitrogens is 2. The summed E-state index contributed by atoms with van der Waals surface area (Å²) in [5, 5.41) is 6.34. The molecule has 0 atom stereocenters. The second kappa shape index (κ2) is 5.35. The van der Waals surface area contributed by atoms with Gasteiger partial charge in [-0.2, -0.15) is 5.10 Å². The molecule has 1 aromatic heterocycles. The number of rotatable bonds is 3. The molecule has 0 saturated carbocycles. The third-order valence-electron chi connectivity index (χ3n) is 2.64. The smallest absolute Gasteiger partial charge is 0.267 e. The molecule has 1 N–H and O–H groups in total. The van der Waals surface area contributed by atoms with E-state index >= 15 is 0 Å². The lowest BCUT2D eigenvalue weighted by Gasteiger charge is -2.08. The maximum atomic E-state index is 11.7. The van der Waals surface area contributed by atoms with E-state index in [4.69, 9.17) is 4.74 Å². The van der Waals surface area contributed by atoms with Crippen molar-refractivity contribution in [2.75, 3.05) is 7.11 Å². The minimum Gasteiger partial charge on any atom is -0.496 e. The van der Waals surface area contributed by atoms with Gasteiger partial charge in [-0.1, -0.05) is 22.0 Å². The van der Waals surface area contributed by atoms with E-state index in [-0.39, 0.29) is 5.56 Å². The van der Waals surface area contributed by atoms with Crippen LogP contribution < -0.4 is 10.3 Å². The molecule has 1 heterocycles. The van der Waals surface area contributed by atoms with E-state index in [0.717, 1.165) is 21.5 Å². The second-order valence-corrected chi connectivity index (χ2v) is 4.91. The van der Waals surface area contributed by atoms with Crippen LogP contribution >= 0.6 is 15.9 Å². The van der Waals surface area contributed by atoms with Crippen LogP contribution in [0, 0.1) is 6.92 Å². The fourth-order valence-electron chi connectivity index (χ4n) is 1.76. The van der Waals surface area contributed by atoms with Crippen LogP contribution in [0.4, 0.5) is 0 Å². The predicted octanol–water partition coefficient (Wildman–Crippen LogP) is 2.44. The number of methoxy groups -OCH3 is 1. The molecule has 4 nitrogen and oxygen atoms in total. The van der Waals surface area contributed by atoms with Crippen molar-refractivity contribution in [3.8, 4) is 5.75 Å². The van der Waals surface area contributed by atoms with Crippen molar-refractivity contribution in [3.63, 3.8) is 0 Å². The van der Waals surface area contributed by atoms with Crippen LogP contribution in [0.5, 0.6) is 5.75 Å². The summed E-state index contributed by atoms with van der Waals surface area (Å²) in [4.78, 5) is 11.7. The summed E-state index contributed by atoms with van der Waals surface area (Å²) in [7, 11) is 1.62. The first-order valence-electron chi connectivity index (χ1n) is 5.48. The van der Waals surface area contributed by atoms with E-state index in [0.29, 0.717) is 12.0 Å². The number of benzene rings is 1. The Labute approximate surface area is 113 Å². The molecule has 2 aromatic rings. The summed E-state index contributed by atoms with van der Waals surface area (Å²) >= 11 is 3.39. The zero-order valence-corrected chi connectivity index (χ0v) is 11.7. The normalized spacial score (nSPS) is 10.4. The van der Waals surface area contributed by atoms with Gasteiger partial charge in [-0.3, -0.25) is 4.79 Å². The quantitative estimate of drug-likeness (QED) is 0.947. The number of nitrogens with zero attached hydrogens (tertiary/aromatic N) is 1. The van der Waals surface area contributed by atoms with Gasteiger partial charge in [-0.15, -0.1) is 0 Å². The topological polar surface area (TPSA) is 55.0 Å². The fourth-order valence-corrected chi connectivity index (χ4v) is 2.10. The van der Waals surface area contributed by atoms with Gasteiger partial charge in [0.15, 0.2) is 0 Å². The van der Waals surface area contributed by atoms with Crippen LogP contribution in [-0.2, 0) is 6.42 Å². The first-order valence-corrected chi connectivity index (χ1v) is 6.27. The van der Waals surface area contributed by atoms with Crippen LogP contribution in [0.2, 0.25) is 0 Å². The zero-order chi connectivity index (χ0) is 13.1. The van der Waals surface area contributed by atoms with Gasteiger partial charge in [0.05, 0.1) is 12.8 Å². The lowest BCUT2D eigenvalue weighted by atomic mass is 10.1. The summed E-state index contributed by atoms with van der Waals surface area (Å²) in [5.41, 5.74) is 2.28. The SMILES string of the molecule is COc1cc(Br)ccc1Cc1cc(C)n[nH]c1=O. The first-order chi connectivity index (χ1) is 8.60. The summed E-state index contributed by atoms with van der Waals surface area (Å²) in [6.45, 7) is 1.85. The molecule has 1 aromatic carbocycles. The van der Waals surface area contributed by atoms with Crippen molar-refractivity contribution in [2.45, 2.75) is 13.3 Å². The monoisotopic (exact) mass is 308 g/mol. The summed E-state index contributed by atoms with van der Waals surface area (Å²) in [5.74, 6) is 0.762. The Bertz CT molecular complexity index is 623. The van der Waals surface area contributed by atoms with Gasteiger partial charge < -0.3 is 4.74 Å². The van der Waals surface area contributed by atoms with Gasteiger partial charge in [0.2, 0.25) is 0 Å². The molecule has 0 saturated heterocycles. The van der Waals surface area contributed by atoms with Gasteiger partial charge in [0.25, 0.3) is 5.56 Å². The van der Waals surface area contributed by atoms with Crippen LogP contribution in [-0.4, -0.2) is 17.3 Å². The largest absolute Gasteiger partial charge is 0.496 e. The Kier molecular flexibility index (Phi) is 3.81. The number of H-pyrrole nitrogens is 1. The van der Waals surface area contributed by atoms with E-state index in [9.17, 15) is 4.79 Å². The number of ether oxygens (including phenoxy) is 1. The summed E-state index contributed by atoms with van der Waals surface area (Å²) in [6, 6.07) is 7.55. The van der Waals surface area contributed by atoms with Crippen molar-refractivity contribution in [2.24, 2.45) is 0 Å². The maximum Gasteiger partial charge on any atom is 0.267 e. The number of hydrogen-bond donors (Lipinski definition) is 1. The van der Waals surface area contributed by atoms with Crippen LogP contribution in [0.3, 0.4) is 0 Å². The number of aromatic amines is 1. The Morgan fingerprint density at radius 2 is 2.11 bits per heavy atom. The van der Waals surface area contributed by atoms with Crippen LogP contribution in [0.1, 0.15) is 16.8 Å². The Hall–Kier alpha value is -1.62. The van der Waals surface area contributed by atoms with E-state index in [1.165, 1.54) is 0 Å². The summed E-state index contributed by atoms with van der Waals surface area (Å²) < 4.78 is 6.26. The molecule has 0 radical (unpaired) electrons. The van der Waals surface area contributed by atoms with Gasteiger partial charge in [-0.05, 0) is 30.7 Å². The molecule has 0 bridgehead atoms. The average Bonchev–Trinajstić information content (AvgIpc) is 2.36. The van der Waals surface area contributed by atoms with E-state index in [2.05, 4.69) is 26.1 Å². The molecule has 0 spiro atoms. The number of nitrogens with one attached hydrogen (secondary N) is 1. The van der Waals surface area contributed by atoms with Crippen molar-refractivity contribution in [1.82, 2.24) is 10.2 Å². The molecular weight excluding hydrogens is 296 g/mol. The molecule has 0 unspecified atom stereocenters. The fraction of sp³-hybridized carbons (Fsp3) is 0.231. The zero-order valence-electron chi connectivity index (χ0n) is 10.2. The Balaban J connectivity index is 2.39.